The molecular formula is C24H50N6O. The summed E-state index contributed by atoms with van der Waals surface area (Å²) >= 11 is 0. The average Bonchev–Trinajstić information content (AvgIpc) is 3.40. The molecule has 0 aromatic rings. The van der Waals surface area contributed by atoms with Crippen molar-refractivity contribution < 1.29 is 4.79 Å². The van der Waals surface area contributed by atoms with E-state index >= 15 is 0 Å². The first-order valence-electron chi connectivity index (χ1n) is 13.1. The Morgan fingerprint density at radius 3 is 2.16 bits per heavy atom. The molecule has 2 fully saturated rings. The van der Waals surface area contributed by atoms with Crippen LogP contribution in [0, 0.1) is 17.8 Å². The molecule has 2 bridgehead atoms. The molecule has 0 aliphatic heterocycles. The lowest BCUT2D eigenvalue weighted by Crippen LogP contribution is -2.41. The topological polar surface area (TPSA) is 117 Å². The highest BCUT2D eigenvalue weighted by molar-refractivity contribution is 5.81. The van der Waals surface area contributed by atoms with Gasteiger partial charge in [-0.15, -0.1) is 0 Å². The second-order valence-corrected chi connectivity index (χ2v) is 9.74. The molecule has 7 heteroatoms. The fourth-order valence-corrected chi connectivity index (χ4v) is 5.19. The standard InChI is InChI=1S/C24H50N6O/c25-10-5-14-27-11-3-4-12-28-15-6-16-30-24(31)23(26)7-1-2-13-29-19-22-18-20-8-9-21(22)17-20/h20-23,27-29H,1-19,25-26H2,(H,30,31)/t20?,21?,22?,23-/m1/s1. The van der Waals surface area contributed by atoms with Gasteiger partial charge in [0.05, 0.1) is 6.04 Å². The molecule has 0 saturated heterocycles. The average molecular weight is 439 g/mol. The van der Waals surface area contributed by atoms with Gasteiger partial charge < -0.3 is 32.7 Å². The second-order valence-electron chi connectivity index (χ2n) is 9.74. The maximum absolute atomic E-state index is 12.1. The highest BCUT2D eigenvalue weighted by Gasteiger charge is 2.38. The van der Waals surface area contributed by atoms with Crippen LogP contribution in [0.4, 0.5) is 0 Å². The number of unbranched alkanes of at least 4 members (excludes halogenated alkanes) is 2. The zero-order valence-corrected chi connectivity index (χ0v) is 19.8. The van der Waals surface area contributed by atoms with Gasteiger partial charge in [-0.2, -0.15) is 0 Å². The third-order valence-electron chi connectivity index (χ3n) is 7.09. The number of hydrogen-bond acceptors (Lipinski definition) is 6. The fraction of sp³-hybridized carbons (Fsp3) is 0.958. The van der Waals surface area contributed by atoms with Gasteiger partial charge in [-0.05, 0) is 121 Å². The molecule has 182 valence electrons. The van der Waals surface area contributed by atoms with E-state index in [1.807, 2.05) is 0 Å². The molecule has 3 unspecified atom stereocenters. The van der Waals surface area contributed by atoms with Gasteiger partial charge in [0.1, 0.15) is 0 Å². The molecule has 0 spiro atoms. The van der Waals surface area contributed by atoms with Crippen LogP contribution in [0.2, 0.25) is 0 Å². The number of nitrogens with one attached hydrogen (secondary N) is 4. The van der Waals surface area contributed by atoms with Crippen molar-refractivity contribution >= 4 is 5.91 Å². The zero-order valence-electron chi connectivity index (χ0n) is 19.8. The molecule has 0 aromatic carbocycles. The van der Waals surface area contributed by atoms with E-state index in [9.17, 15) is 4.79 Å². The summed E-state index contributed by atoms with van der Waals surface area (Å²) < 4.78 is 0. The third kappa shape index (κ3) is 11.6. The van der Waals surface area contributed by atoms with Crippen molar-refractivity contribution in [2.24, 2.45) is 29.2 Å². The van der Waals surface area contributed by atoms with Crippen molar-refractivity contribution in [2.45, 2.75) is 76.7 Å². The first kappa shape index (κ1) is 26.5. The lowest BCUT2D eigenvalue weighted by atomic mass is 9.89. The monoisotopic (exact) mass is 438 g/mol. The van der Waals surface area contributed by atoms with E-state index in [1.54, 1.807) is 0 Å². The number of rotatable bonds is 20. The van der Waals surface area contributed by atoms with Crippen LogP contribution in [-0.4, -0.2) is 64.3 Å². The van der Waals surface area contributed by atoms with Crippen LogP contribution in [0.15, 0.2) is 0 Å². The van der Waals surface area contributed by atoms with E-state index in [0.717, 1.165) is 89.1 Å². The first-order chi connectivity index (χ1) is 15.2. The minimum atomic E-state index is -0.370. The molecule has 2 saturated carbocycles. The molecule has 7 nitrogen and oxygen atoms in total. The predicted octanol–water partition coefficient (Wildman–Crippen LogP) is 1.32. The summed E-state index contributed by atoms with van der Waals surface area (Å²) in [4.78, 5) is 12.1. The summed E-state index contributed by atoms with van der Waals surface area (Å²) in [6.45, 7) is 7.74. The van der Waals surface area contributed by atoms with Gasteiger partial charge in [0.25, 0.3) is 0 Å². The Morgan fingerprint density at radius 2 is 1.48 bits per heavy atom. The molecule has 1 amide bonds. The smallest absolute Gasteiger partial charge is 0.236 e. The van der Waals surface area contributed by atoms with Crippen LogP contribution >= 0.6 is 0 Å². The highest BCUT2D eigenvalue weighted by Crippen LogP contribution is 2.47. The molecule has 31 heavy (non-hydrogen) atoms. The molecule has 4 atom stereocenters. The number of hydrogen-bond donors (Lipinski definition) is 6. The third-order valence-corrected chi connectivity index (χ3v) is 7.09. The molecule has 2 rings (SSSR count). The summed E-state index contributed by atoms with van der Waals surface area (Å²) in [5.74, 6) is 2.95. The summed E-state index contributed by atoms with van der Waals surface area (Å²) in [5, 5.41) is 13.4. The van der Waals surface area contributed by atoms with Gasteiger partial charge in [0.15, 0.2) is 0 Å². The van der Waals surface area contributed by atoms with Gasteiger partial charge >= 0.3 is 0 Å². The molecule has 0 heterocycles. The molecule has 2 aliphatic carbocycles. The zero-order chi connectivity index (χ0) is 22.2. The molecule has 2 aliphatic rings. The summed E-state index contributed by atoms with van der Waals surface area (Å²) in [5.41, 5.74) is 11.5. The molecule has 8 N–H and O–H groups in total. The predicted molar refractivity (Wildman–Crippen MR) is 130 cm³/mol. The van der Waals surface area contributed by atoms with Crippen molar-refractivity contribution in [3.8, 4) is 0 Å². The van der Waals surface area contributed by atoms with E-state index in [0.29, 0.717) is 6.54 Å². The Kier molecular flexibility index (Phi) is 14.4. The van der Waals surface area contributed by atoms with E-state index in [4.69, 9.17) is 11.5 Å². The van der Waals surface area contributed by atoms with Crippen LogP contribution in [0.3, 0.4) is 0 Å². The van der Waals surface area contributed by atoms with Crippen LogP contribution < -0.4 is 32.7 Å². The lowest BCUT2D eigenvalue weighted by Gasteiger charge is -2.21. The molecule has 0 radical (unpaired) electrons. The first-order valence-corrected chi connectivity index (χ1v) is 13.1. The Morgan fingerprint density at radius 1 is 0.806 bits per heavy atom. The second kappa shape index (κ2) is 16.8. The number of amides is 1. The molecule has 0 aromatic heterocycles. The van der Waals surface area contributed by atoms with Gasteiger partial charge in [-0.3, -0.25) is 4.79 Å². The Balaban J connectivity index is 1.30. The normalized spacial score (nSPS) is 23.4. The van der Waals surface area contributed by atoms with E-state index in [-0.39, 0.29) is 11.9 Å². The number of fused-ring (bicyclic) bond motifs is 2. The van der Waals surface area contributed by atoms with Gasteiger partial charge in [-0.1, -0.05) is 12.8 Å². The van der Waals surface area contributed by atoms with Crippen molar-refractivity contribution in [2.75, 3.05) is 52.4 Å². The number of carbonyl (C=O) groups is 1. The van der Waals surface area contributed by atoms with Crippen LogP contribution in [0.25, 0.3) is 0 Å². The Bertz CT molecular complexity index is 463. The van der Waals surface area contributed by atoms with Crippen molar-refractivity contribution in [3.63, 3.8) is 0 Å². The SMILES string of the molecule is NCCCNCCCCNCCCNC(=O)[C@H](N)CCCCNCC1CC2CCC1C2. The molecular weight excluding hydrogens is 388 g/mol. The van der Waals surface area contributed by atoms with Crippen molar-refractivity contribution in [3.05, 3.63) is 0 Å². The van der Waals surface area contributed by atoms with Crippen LogP contribution in [0.1, 0.15) is 70.6 Å². The van der Waals surface area contributed by atoms with Gasteiger partial charge in [0.2, 0.25) is 5.91 Å². The van der Waals surface area contributed by atoms with Gasteiger partial charge in [-0.25, -0.2) is 0 Å². The maximum Gasteiger partial charge on any atom is 0.236 e. The lowest BCUT2D eigenvalue weighted by molar-refractivity contribution is -0.122. The van der Waals surface area contributed by atoms with E-state index in [2.05, 4.69) is 21.3 Å². The summed E-state index contributed by atoms with van der Waals surface area (Å²) in [6, 6.07) is -0.370. The number of carbonyl (C=O) groups excluding carboxylic acids is 1. The van der Waals surface area contributed by atoms with Crippen LogP contribution in [0.5, 0.6) is 0 Å². The fourth-order valence-electron chi connectivity index (χ4n) is 5.19. The minimum absolute atomic E-state index is 0.00139. The quantitative estimate of drug-likeness (QED) is 0.160. The highest BCUT2D eigenvalue weighted by atomic mass is 16.2. The largest absolute Gasteiger partial charge is 0.355 e. The minimum Gasteiger partial charge on any atom is -0.355 e. The summed E-state index contributed by atoms with van der Waals surface area (Å²) in [7, 11) is 0. The summed E-state index contributed by atoms with van der Waals surface area (Å²) in [6.07, 6.45) is 13.1. The van der Waals surface area contributed by atoms with Gasteiger partial charge in [0, 0.05) is 6.54 Å². The van der Waals surface area contributed by atoms with Crippen LogP contribution in [-0.2, 0) is 4.79 Å². The van der Waals surface area contributed by atoms with Crippen molar-refractivity contribution in [1.82, 2.24) is 21.3 Å². The Hall–Kier alpha value is -0.730. The van der Waals surface area contributed by atoms with E-state index < -0.39 is 0 Å². The van der Waals surface area contributed by atoms with E-state index in [1.165, 1.54) is 45.1 Å². The van der Waals surface area contributed by atoms with Crippen molar-refractivity contribution in [1.29, 1.82) is 0 Å². The maximum atomic E-state index is 12.1. The number of nitrogens with two attached hydrogens (primary N) is 2. The Labute approximate surface area is 190 Å².